The van der Waals surface area contributed by atoms with E-state index >= 15 is 0 Å². The maximum absolute atomic E-state index is 12.9. The summed E-state index contributed by atoms with van der Waals surface area (Å²) in [5.74, 6) is 0.573. The maximum Gasteiger partial charge on any atom is 0.278 e. The van der Waals surface area contributed by atoms with Crippen molar-refractivity contribution in [2.24, 2.45) is 0 Å². The van der Waals surface area contributed by atoms with Crippen molar-refractivity contribution in [2.45, 2.75) is 52.5 Å². The SMILES string of the molecule is Cc1nn(Cc2c(Cl)cccc2Cl)c(C)c1NC(=O)c1noc2c1CCCCC2. The van der Waals surface area contributed by atoms with Crippen molar-refractivity contribution >= 4 is 34.8 Å². The predicted molar refractivity (Wildman–Crippen MR) is 113 cm³/mol. The number of amides is 1. The summed E-state index contributed by atoms with van der Waals surface area (Å²) in [5, 5.41) is 12.8. The van der Waals surface area contributed by atoms with Gasteiger partial charge in [0.1, 0.15) is 5.76 Å². The molecule has 0 saturated heterocycles. The Morgan fingerprint density at radius 2 is 1.90 bits per heavy atom. The van der Waals surface area contributed by atoms with Crippen molar-refractivity contribution in [3.05, 3.63) is 62.2 Å². The zero-order chi connectivity index (χ0) is 20.5. The number of aromatic nitrogens is 3. The summed E-state index contributed by atoms with van der Waals surface area (Å²) in [4.78, 5) is 12.9. The number of rotatable bonds is 4. The predicted octanol–water partition coefficient (Wildman–Crippen LogP) is 5.36. The molecule has 6 nitrogen and oxygen atoms in total. The number of carbonyl (C=O) groups is 1. The van der Waals surface area contributed by atoms with E-state index in [1.165, 1.54) is 0 Å². The van der Waals surface area contributed by atoms with E-state index in [0.29, 0.717) is 33.7 Å². The number of nitrogens with zero attached hydrogens (tertiary/aromatic N) is 3. The van der Waals surface area contributed by atoms with Crippen molar-refractivity contribution in [3.63, 3.8) is 0 Å². The number of halogens is 2. The zero-order valence-electron chi connectivity index (χ0n) is 16.4. The second-order valence-electron chi connectivity index (χ2n) is 7.35. The Morgan fingerprint density at radius 3 is 2.66 bits per heavy atom. The molecule has 0 radical (unpaired) electrons. The summed E-state index contributed by atoms with van der Waals surface area (Å²) in [7, 11) is 0. The Morgan fingerprint density at radius 1 is 1.17 bits per heavy atom. The first-order valence-corrected chi connectivity index (χ1v) is 10.5. The number of carbonyl (C=O) groups excluding carboxylic acids is 1. The minimum Gasteiger partial charge on any atom is -0.360 e. The molecule has 1 aliphatic carbocycles. The van der Waals surface area contributed by atoms with E-state index in [2.05, 4.69) is 15.6 Å². The smallest absolute Gasteiger partial charge is 0.278 e. The Hall–Kier alpha value is -2.31. The normalized spacial score (nSPS) is 13.8. The van der Waals surface area contributed by atoms with Gasteiger partial charge in [0.2, 0.25) is 0 Å². The number of benzene rings is 1. The van der Waals surface area contributed by atoms with Crippen molar-refractivity contribution in [3.8, 4) is 0 Å². The summed E-state index contributed by atoms with van der Waals surface area (Å²) in [6.07, 6.45) is 4.91. The first kappa shape index (κ1) is 20.0. The Labute approximate surface area is 179 Å². The molecule has 152 valence electrons. The highest BCUT2D eigenvalue weighted by atomic mass is 35.5. The minimum atomic E-state index is -0.265. The van der Waals surface area contributed by atoms with Crippen LogP contribution in [0.2, 0.25) is 10.0 Å². The first-order valence-electron chi connectivity index (χ1n) is 9.71. The van der Waals surface area contributed by atoms with Crippen LogP contribution in [0.1, 0.15) is 58.0 Å². The molecule has 1 amide bonds. The fourth-order valence-electron chi connectivity index (χ4n) is 3.78. The molecule has 1 aromatic carbocycles. The lowest BCUT2D eigenvalue weighted by Gasteiger charge is -2.09. The highest BCUT2D eigenvalue weighted by Crippen LogP contribution is 2.29. The summed E-state index contributed by atoms with van der Waals surface area (Å²) in [5.41, 5.74) is 4.31. The van der Waals surface area contributed by atoms with Gasteiger partial charge in [0.05, 0.1) is 23.6 Å². The van der Waals surface area contributed by atoms with Gasteiger partial charge in [-0.25, -0.2) is 0 Å². The highest BCUT2D eigenvalue weighted by molar-refractivity contribution is 6.36. The fraction of sp³-hybridized carbons (Fsp3) is 0.381. The van der Waals surface area contributed by atoms with Gasteiger partial charge in [0.25, 0.3) is 5.91 Å². The van der Waals surface area contributed by atoms with Crippen LogP contribution in [0.25, 0.3) is 0 Å². The van der Waals surface area contributed by atoms with E-state index in [-0.39, 0.29) is 5.91 Å². The molecule has 0 aliphatic heterocycles. The molecular weight excluding hydrogens is 411 g/mol. The molecule has 0 atom stereocenters. The number of fused-ring (bicyclic) bond motifs is 1. The van der Waals surface area contributed by atoms with Crippen molar-refractivity contribution in [2.75, 3.05) is 5.32 Å². The molecule has 0 fully saturated rings. The van der Waals surface area contributed by atoms with Gasteiger partial charge in [-0.1, -0.05) is 40.8 Å². The van der Waals surface area contributed by atoms with Crippen LogP contribution in [-0.4, -0.2) is 20.8 Å². The van der Waals surface area contributed by atoms with Gasteiger partial charge in [-0.2, -0.15) is 5.10 Å². The maximum atomic E-state index is 12.9. The van der Waals surface area contributed by atoms with Crippen LogP contribution >= 0.6 is 23.2 Å². The van der Waals surface area contributed by atoms with Gasteiger partial charge >= 0.3 is 0 Å². The Balaban J connectivity index is 1.59. The number of hydrogen-bond acceptors (Lipinski definition) is 4. The molecule has 1 N–H and O–H groups in total. The van der Waals surface area contributed by atoms with Crippen LogP contribution < -0.4 is 5.32 Å². The molecular formula is C21H22Cl2N4O2. The average molecular weight is 433 g/mol. The molecule has 3 aromatic rings. The lowest BCUT2D eigenvalue weighted by atomic mass is 10.1. The monoisotopic (exact) mass is 432 g/mol. The lowest BCUT2D eigenvalue weighted by Crippen LogP contribution is -2.16. The van der Waals surface area contributed by atoms with E-state index in [1.807, 2.05) is 19.9 Å². The van der Waals surface area contributed by atoms with E-state index in [0.717, 1.165) is 54.7 Å². The van der Waals surface area contributed by atoms with Crippen LogP contribution in [0.3, 0.4) is 0 Å². The molecule has 1 aliphatic rings. The van der Waals surface area contributed by atoms with Gasteiger partial charge in [-0.3, -0.25) is 9.48 Å². The third-order valence-corrected chi connectivity index (χ3v) is 6.11. The van der Waals surface area contributed by atoms with Crippen molar-refractivity contribution in [1.29, 1.82) is 0 Å². The number of hydrogen-bond donors (Lipinski definition) is 1. The third kappa shape index (κ3) is 3.91. The van der Waals surface area contributed by atoms with Crippen LogP contribution in [0.4, 0.5) is 5.69 Å². The van der Waals surface area contributed by atoms with Gasteiger partial charge in [-0.15, -0.1) is 0 Å². The Bertz CT molecular complexity index is 1050. The Kier molecular flexibility index (Phi) is 5.65. The van der Waals surface area contributed by atoms with Gasteiger partial charge in [-0.05, 0) is 45.2 Å². The van der Waals surface area contributed by atoms with Crippen LogP contribution in [0.15, 0.2) is 22.7 Å². The quantitative estimate of drug-likeness (QED) is 0.562. The van der Waals surface area contributed by atoms with Gasteiger partial charge in [0.15, 0.2) is 5.69 Å². The molecule has 0 unspecified atom stereocenters. The van der Waals surface area contributed by atoms with Crippen LogP contribution in [-0.2, 0) is 19.4 Å². The standard InChI is InChI=1S/C21H22Cl2N4O2/c1-12-19(13(2)27(25-12)11-15-16(22)8-6-9-17(15)23)24-21(28)20-14-7-4-3-5-10-18(14)29-26-20/h6,8-9H,3-5,7,10-11H2,1-2H3,(H,24,28). The second-order valence-corrected chi connectivity index (χ2v) is 8.17. The first-order chi connectivity index (χ1) is 14.0. The number of aryl methyl sites for hydroxylation is 2. The molecule has 2 heterocycles. The molecule has 2 aromatic heterocycles. The molecule has 0 saturated carbocycles. The summed E-state index contributed by atoms with van der Waals surface area (Å²) in [6.45, 7) is 4.18. The largest absolute Gasteiger partial charge is 0.360 e. The average Bonchev–Trinajstić information content (AvgIpc) is 3.10. The minimum absolute atomic E-state index is 0.265. The third-order valence-electron chi connectivity index (χ3n) is 5.40. The fourth-order valence-corrected chi connectivity index (χ4v) is 4.29. The molecule has 8 heteroatoms. The molecule has 4 rings (SSSR count). The van der Waals surface area contributed by atoms with E-state index in [4.69, 9.17) is 27.7 Å². The summed E-state index contributed by atoms with van der Waals surface area (Å²) >= 11 is 12.6. The van der Waals surface area contributed by atoms with Crippen LogP contribution in [0, 0.1) is 13.8 Å². The van der Waals surface area contributed by atoms with E-state index < -0.39 is 0 Å². The van der Waals surface area contributed by atoms with Gasteiger partial charge < -0.3 is 9.84 Å². The zero-order valence-corrected chi connectivity index (χ0v) is 17.9. The molecule has 0 bridgehead atoms. The van der Waals surface area contributed by atoms with E-state index in [1.54, 1.807) is 16.8 Å². The molecule has 29 heavy (non-hydrogen) atoms. The second kappa shape index (κ2) is 8.20. The summed E-state index contributed by atoms with van der Waals surface area (Å²) < 4.78 is 7.23. The van der Waals surface area contributed by atoms with E-state index in [9.17, 15) is 4.79 Å². The van der Waals surface area contributed by atoms with Crippen molar-refractivity contribution < 1.29 is 9.32 Å². The summed E-state index contributed by atoms with van der Waals surface area (Å²) in [6, 6.07) is 5.41. The number of anilines is 1. The number of nitrogens with one attached hydrogen (secondary N) is 1. The molecule has 0 spiro atoms. The van der Waals surface area contributed by atoms with Gasteiger partial charge in [0, 0.05) is 27.6 Å². The topological polar surface area (TPSA) is 73.0 Å². The highest BCUT2D eigenvalue weighted by Gasteiger charge is 2.25. The van der Waals surface area contributed by atoms with Crippen molar-refractivity contribution in [1.82, 2.24) is 14.9 Å². The lowest BCUT2D eigenvalue weighted by molar-refractivity contribution is 0.101. The van der Waals surface area contributed by atoms with Crippen LogP contribution in [0.5, 0.6) is 0 Å².